The van der Waals surface area contributed by atoms with Gasteiger partial charge in [-0.2, -0.15) is 0 Å². The molecule has 0 fully saturated rings. The molecule has 0 saturated heterocycles. The molecule has 5 heterocycles. The largest absolute Gasteiger partial charge is 2.00 e. The summed E-state index contributed by atoms with van der Waals surface area (Å²) in [7, 11) is 8.20. The van der Waals surface area contributed by atoms with Crippen molar-refractivity contribution in [1.29, 1.82) is 0 Å². The zero-order chi connectivity index (χ0) is 33.9. The summed E-state index contributed by atoms with van der Waals surface area (Å²) >= 11 is 0. The van der Waals surface area contributed by atoms with Crippen LogP contribution in [0.2, 0.25) is 0 Å². The number of hydrogen-bond acceptors (Lipinski definition) is 9. The van der Waals surface area contributed by atoms with Gasteiger partial charge in [-0.1, -0.05) is 72.8 Å². The SMILES string of the molecule is CN(C)CC(CN(C)C)Oc1ccc2c3nc4nc(nc5nc(nc6[n-]c(nc([n-]3)c2c1)c1ccccc61)-c1ccccc1-5)-c1ccccc1-4.[Zn+2]. The standard InChI is InChI=1S/C39H32N10O.Zn/c1-48(2)20-23(21-49(3)4)50-22-17-18-30-31(19-22)39-46-37-29-16-10-9-15-28(29)35(44-37)42-33-25-12-6-5-11-24(25)32(40-33)41-34-26-13-7-8-14-27(26)36(43-34)45-38(30)47-39;/h5-19,23H,20-21H2,1-4H3;/q-2;+2. The summed E-state index contributed by atoms with van der Waals surface area (Å²) in [6, 6.07) is 29.9. The summed E-state index contributed by atoms with van der Waals surface area (Å²) in [6.07, 6.45) is -0.0486. The molecular formula is C39H32N10OZn. The summed E-state index contributed by atoms with van der Waals surface area (Å²) in [5, 5.41) is 3.37. The van der Waals surface area contributed by atoms with Crippen molar-refractivity contribution in [1.82, 2.24) is 49.7 Å². The molecule has 8 bridgehead atoms. The quantitative estimate of drug-likeness (QED) is 0.188. The molecular weight excluding hydrogens is 690 g/mol. The summed E-state index contributed by atoms with van der Waals surface area (Å²) in [5.41, 5.74) is 5.54. The minimum absolute atomic E-state index is 0. The van der Waals surface area contributed by atoms with Gasteiger partial charge in [0.05, 0.1) is 11.6 Å². The van der Waals surface area contributed by atoms with Gasteiger partial charge < -0.3 is 39.5 Å². The van der Waals surface area contributed by atoms with Crippen molar-refractivity contribution in [3.05, 3.63) is 91.0 Å². The fraction of sp³-hybridized carbons (Fsp3) is 0.179. The Bertz CT molecular complexity index is 2620. The molecule has 0 spiro atoms. The maximum absolute atomic E-state index is 6.57. The second-order valence-electron chi connectivity index (χ2n) is 13.1. The molecule has 0 radical (unpaired) electrons. The molecule has 4 aromatic carbocycles. The van der Waals surface area contributed by atoms with E-state index in [1.54, 1.807) is 0 Å². The maximum Gasteiger partial charge on any atom is 2.00 e. The average Bonchev–Trinajstić information content (AvgIpc) is 3.83. The van der Waals surface area contributed by atoms with E-state index >= 15 is 0 Å². The Kier molecular flexibility index (Phi) is 8.38. The van der Waals surface area contributed by atoms with Crippen LogP contribution in [0.4, 0.5) is 0 Å². The van der Waals surface area contributed by atoms with Crippen LogP contribution in [0.3, 0.4) is 0 Å². The molecule has 0 unspecified atom stereocenters. The molecule has 51 heavy (non-hydrogen) atoms. The number of ether oxygens (including phenoxy) is 1. The first-order valence-corrected chi connectivity index (χ1v) is 16.5. The van der Waals surface area contributed by atoms with Crippen LogP contribution in [0.25, 0.3) is 89.7 Å². The van der Waals surface area contributed by atoms with E-state index in [9.17, 15) is 0 Å². The fourth-order valence-electron chi connectivity index (χ4n) is 6.70. The molecule has 0 saturated carbocycles. The van der Waals surface area contributed by atoms with Crippen molar-refractivity contribution in [3.8, 4) is 51.3 Å². The van der Waals surface area contributed by atoms with Crippen LogP contribution in [0, 0.1) is 0 Å². The Morgan fingerprint density at radius 1 is 0.490 bits per heavy atom. The molecule has 12 heteroatoms. The molecule has 11 nitrogen and oxygen atoms in total. The van der Waals surface area contributed by atoms with Crippen molar-refractivity contribution in [3.63, 3.8) is 0 Å². The third kappa shape index (κ3) is 5.95. The second-order valence-corrected chi connectivity index (χ2v) is 13.1. The number of rotatable bonds is 6. The molecule has 0 amide bonds. The first kappa shape index (κ1) is 32.8. The van der Waals surface area contributed by atoms with Crippen molar-refractivity contribution in [2.24, 2.45) is 0 Å². The third-order valence-corrected chi connectivity index (χ3v) is 8.83. The Balaban J connectivity index is 0.00000374. The first-order valence-electron chi connectivity index (χ1n) is 16.5. The van der Waals surface area contributed by atoms with E-state index in [1.165, 1.54) is 0 Å². The predicted molar refractivity (Wildman–Crippen MR) is 196 cm³/mol. The van der Waals surface area contributed by atoms with Gasteiger partial charge in [0.2, 0.25) is 0 Å². The zero-order valence-electron chi connectivity index (χ0n) is 28.7. The van der Waals surface area contributed by atoms with Gasteiger partial charge in [0.25, 0.3) is 0 Å². The minimum atomic E-state index is -0.0486. The van der Waals surface area contributed by atoms with Crippen LogP contribution in [0.1, 0.15) is 0 Å². The second kappa shape index (κ2) is 13.0. The van der Waals surface area contributed by atoms with Gasteiger partial charge >= 0.3 is 19.5 Å². The van der Waals surface area contributed by atoms with E-state index in [0.717, 1.165) is 62.6 Å². The molecule has 9 rings (SSSR count). The van der Waals surface area contributed by atoms with Crippen molar-refractivity contribution in [2.45, 2.75) is 6.10 Å². The normalized spacial score (nSPS) is 12.1. The third-order valence-electron chi connectivity index (χ3n) is 8.83. The van der Waals surface area contributed by atoms with Gasteiger partial charge in [-0.3, -0.25) is 0 Å². The summed E-state index contributed by atoms with van der Waals surface area (Å²) in [5.74, 6) is 2.86. The van der Waals surface area contributed by atoms with Crippen molar-refractivity contribution < 1.29 is 24.2 Å². The van der Waals surface area contributed by atoms with E-state index in [-0.39, 0.29) is 25.6 Å². The maximum atomic E-state index is 6.57. The zero-order valence-corrected chi connectivity index (χ0v) is 31.7. The Morgan fingerprint density at radius 2 is 0.882 bits per heavy atom. The van der Waals surface area contributed by atoms with Crippen LogP contribution in [0.5, 0.6) is 5.75 Å². The molecule has 246 valence electrons. The Labute approximate surface area is 306 Å². The van der Waals surface area contributed by atoms with E-state index in [4.69, 9.17) is 44.6 Å². The van der Waals surface area contributed by atoms with Gasteiger partial charge in [0, 0.05) is 57.9 Å². The van der Waals surface area contributed by atoms with Crippen molar-refractivity contribution >= 4 is 44.1 Å². The predicted octanol–water partition coefficient (Wildman–Crippen LogP) is 6.00. The van der Waals surface area contributed by atoms with E-state index < -0.39 is 0 Å². The van der Waals surface area contributed by atoms with Crippen LogP contribution in [0.15, 0.2) is 91.0 Å². The van der Waals surface area contributed by atoms with Gasteiger partial charge in [-0.25, -0.2) is 15.0 Å². The van der Waals surface area contributed by atoms with Crippen molar-refractivity contribution in [2.75, 3.05) is 41.3 Å². The average molecular weight is 722 g/mol. The topological polar surface area (TPSA) is 121 Å². The first-order chi connectivity index (χ1) is 24.4. The van der Waals surface area contributed by atoms with Gasteiger partial charge in [0.1, 0.15) is 11.9 Å². The van der Waals surface area contributed by atoms with E-state index in [1.807, 2.05) is 91.0 Å². The van der Waals surface area contributed by atoms with Crippen LogP contribution >= 0.6 is 0 Å². The van der Waals surface area contributed by atoms with Gasteiger partial charge in [0.15, 0.2) is 11.6 Å². The summed E-state index contributed by atoms with van der Waals surface area (Å²) in [6.45, 7) is 1.53. The molecule has 2 aliphatic heterocycles. The smallest absolute Gasteiger partial charge is 0.488 e. The molecule has 0 N–H and O–H groups in total. The molecule has 0 aliphatic carbocycles. The number of nitrogens with zero attached hydrogens (tertiary/aromatic N) is 10. The summed E-state index contributed by atoms with van der Waals surface area (Å²) < 4.78 is 6.57. The Morgan fingerprint density at radius 3 is 1.35 bits per heavy atom. The number of hydrogen-bond donors (Lipinski definition) is 0. The molecule has 2 aliphatic rings. The Hall–Kier alpha value is -5.42. The van der Waals surface area contributed by atoms with Crippen LogP contribution in [-0.4, -0.2) is 87.1 Å². The van der Waals surface area contributed by atoms with Crippen LogP contribution in [-0.2, 0) is 19.5 Å². The van der Waals surface area contributed by atoms with Crippen LogP contribution < -0.4 is 14.7 Å². The molecule has 7 aromatic rings. The number of fused-ring (bicyclic) bond motifs is 20. The number of aromatic nitrogens is 8. The van der Waals surface area contributed by atoms with E-state index in [2.05, 4.69) is 38.0 Å². The number of benzene rings is 4. The van der Waals surface area contributed by atoms with Gasteiger partial charge in [-0.05, 0) is 67.9 Å². The molecule has 3 aromatic heterocycles. The minimum Gasteiger partial charge on any atom is -0.488 e. The summed E-state index contributed by atoms with van der Waals surface area (Å²) in [4.78, 5) is 44.3. The fourth-order valence-corrected chi connectivity index (χ4v) is 6.70. The molecule has 0 atom stereocenters. The number of likely N-dealkylation sites (N-methyl/N-ethyl adjacent to an activating group) is 2. The van der Waals surface area contributed by atoms with E-state index in [0.29, 0.717) is 45.9 Å². The van der Waals surface area contributed by atoms with Gasteiger partial charge in [-0.15, -0.1) is 0 Å². The monoisotopic (exact) mass is 720 g/mol.